The van der Waals surface area contributed by atoms with E-state index in [2.05, 4.69) is 6.92 Å². The van der Waals surface area contributed by atoms with Crippen molar-refractivity contribution in [3.05, 3.63) is 0 Å². The third-order valence-electron chi connectivity index (χ3n) is 4.22. The number of rotatable bonds is 2. The summed E-state index contributed by atoms with van der Waals surface area (Å²) in [5.41, 5.74) is 4.60. The van der Waals surface area contributed by atoms with Gasteiger partial charge in [0.1, 0.15) is 0 Å². The van der Waals surface area contributed by atoms with Crippen molar-refractivity contribution in [2.24, 2.45) is 17.6 Å². The average Bonchev–Trinajstić information content (AvgIpc) is 2.68. The predicted octanol–water partition coefficient (Wildman–Crippen LogP) is 2.94. The molecule has 0 aliphatic heterocycles. The zero-order valence-corrected chi connectivity index (χ0v) is 8.73. The SMILES string of the molecule is CCC1CCC(C2(N)CC2(F)F)CC1. The summed E-state index contributed by atoms with van der Waals surface area (Å²) in [6.45, 7) is 2.18. The molecule has 2 N–H and O–H groups in total. The van der Waals surface area contributed by atoms with E-state index in [4.69, 9.17) is 5.73 Å². The van der Waals surface area contributed by atoms with Crippen LogP contribution in [0.25, 0.3) is 0 Å². The van der Waals surface area contributed by atoms with Gasteiger partial charge in [-0.15, -0.1) is 0 Å². The Balaban J connectivity index is 1.91. The summed E-state index contributed by atoms with van der Waals surface area (Å²) >= 11 is 0. The molecule has 0 saturated heterocycles. The number of hydrogen-bond donors (Lipinski definition) is 1. The highest BCUT2D eigenvalue weighted by Crippen LogP contribution is 2.58. The van der Waals surface area contributed by atoms with Crippen LogP contribution in [0, 0.1) is 11.8 Å². The summed E-state index contributed by atoms with van der Waals surface area (Å²) in [5.74, 6) is -1.75. The van der Waals surface area contributed by atoms with Crippen molar-refractivity contribution in [1.82, 2.24) is 0 Å². The van der Waals surface area contributed by atoms with Gasteiger partial charge < -0.3 is 5.73 Å². The van der Waals surface area contributed by atoms with E-state index in [1.165, 1.54) is 6.42 Å². The predicted molar refractivity (Wildman–Crippen MR) is 52.2 cm³/mol. The second kappa shape index (κ2) is 3.16. The van der Waals surface area contributed by atoms with Crippen molar-refractivity contribution >= 4 is 0 Å². The summed E-state index contributed by atoms with van der Waals surface area (Å²) in [6, 6.07) is 0. The van der Waals surface area contributed by atoms with Gasteiger partial charge >= 0.3 is 0 Å². The van der Waals surface area contributed by atoms with Gasteiger partial charge in [-0.25, -0.2) is 8.78 Å². The third kappa shape index (κ3) is 1.46. The van der Waals surface area contributed by atoms with E-state index in [1.54, 1.807) is 0 Å². The fourth-order valence-electron chi connectivity index (χ4n) is 2.85. The highest BCUT2D eigenvalue weighted by atomic mass is 19.3. The molecule has 2 saturated carbocycles. The Morgan fingerprint density at radius 1 is 1.21 bits per heavy atom. The van der Waals surface area contributed by atoms with E-state index in [1.807, 2.05) is 0 Å². The first kappa shape index (κ1) is 10.3. The van der Waals surface area contributed by atoms with Gasteiger partial charge in [0.15, 0.2) is 0 Å². The monoisotopic (exact) mass is 203 g/mol. The van der Waals surface area contributed by atoms with E-state index >= 15 is 0 Å². The highest BCUT2D eigenvalue weighted by molar-refractivity contribution is 5.19. The lowest BCUT2D eigenvalue weighted by molar-refractivity contribution is 0.0606. The first-order chi connectivity index (χ1) is 6.49. The Hall–Kier alpha value is -0.180. The Bertz CT molecular complexity index is 221. The molecule has 2 fully saturated rings. The van der Waals surface area contributed by atoms with Crippen molar-refractivity contribution in [3.63, 3.8) is 0 Å². The number of hydrogen-bond acceptors (Lipinski definition) is 1. The van der Waals surface area contributed by atoms with Crippen LogP contribution in [-0.2, 0) is 0 Å². The molecule has 0 aromatic rings. The van der Waals surface area contributed by atoms with Crippen LogP contribution in [0.3, 0.4) is 0 Å². The third-order valence-corrected chi connectivity index (χ3v) is 4.22. The summed E-state index contributed by atoms with van der Waals surface area (Å²) in [4.78, 5) is 0. The molecule has 0 aromatic carbocycles. The van der Waals surface area contributed by atoms with Gasteiger partial charge in [0, 0.05) is 6.42 Å². The molecule has 1 unspecified atom stereocenters. The van der Waals surface area contributed by atoms with Crippen LogP contribution in [0.15, 0.2) is 0 Å². The molecule has 2 aliphatic rings. The van der Waals surface area contributed by atoms with Gasteiger partial charge in [0.25, 0.3) is 5.92 Å². The Morgan fingerprint density at radius 2 is 1.71 bits per heavy atom. The Labute approximate surface area is 84.0 Å². The molecule has 82 valence electrons. The standard InChI is InChI=1S/C11H19F2N/c1-2-8-3-5-9(6-4-8)10(14)7-11(10,12)13/h8-9H,2-7,14H2,1H3. The lowest BCUT2D eigenvalue weighted by Gasteiger charge is -2.31. The average molecular weight is 203 g/mol. The van der Waals surface area contributed by atoms with Gasteiger partial charge in [-0.3, -0.25) is 0 Å². The molecule has 3 heteroatoms. The Morgan fingerprint density at radius 3 is 2.07 bits per heavy atom. The number of halogens is 2. The van der Waals surface area contributed by atoms with Crippen LogP contribution in [0.2, 0.25) is 0 Å². The molecule has 2 aliphatic carbocycles. The topological polar surface area (TPSA) is 26.0 Å². The normalized spacial score (nSPS) is 46.3. The molecule has 14 heavy (non-hydrogen) atoms. The molecule has 0 heterocycles. The van der Waals surface area contributed by atoms with Crippen LogP contribution < -0.4 is 5.73 Å². The van der Waals surface area contributed by atoms with Gasteiger partial charge in [0.05, 0.1) is 5.54 Å². The minimum absolute atomic E-state index is 0.0697. The van der Waals surface area contributed by atoms with Crippen LogP contribution in [0.5, 0.6) is 0 Å². The van der Waals surface area contributed by atoms with Crippen molar-refractivity contribution in [2.45, 2.75) is 56.9 Å². The first-order valence-electron chi connectivity index (χ1n) is 5.66. The maximum atomic E-state index is 13.0. The van der Waals surface area contributed by atoms with Gasteiger partial charge in [-0.2, -0.15) is 0 Å². The van der Waals surface area contributed by atoms with E-state index < -0.39 is 11.5 Å². The minimum Gasteiger partial charge on any atom is -0.320 e. The molecule has 1 atom stereocenters. The van der Waals surface area contributed by atoms with Gasteiger partial charge in [0.2, 0.25) is 0 Å². The minimum atomic E-state index is -2.57. The second-order valence-electron chi connectivity index (χ2n) is 5.05. The zero-order chi connectivity index (χ0) is 10.4. The smallest absolute Gasteiger partial charge is 0.268 e. The van der Waals surface area contributed by atoms with Crippen molar-refractivity contribution < 1.29 is 8.78 Å². The fourth-order valence-corrected chi connectivity index (χ4v) is 2.85. The molecular weight excluding hydrogens is 184 g/mol. The molecule has 0 radical (unpaired) electrons. The number of nitrogens with two attached hydrogens (primary N) is 1. The van der Waals surface area contributed by atoms with E-state index in [0.717, 1.165) is 31.6 Å². The fraction of sp³-hybridized carbons (Fsp3) is 1.00. The molecule has 2 rings (SSSR count). The van der Waals surface area contributed by atoms with Crippen LogP contribution in [0.4, 0.5) is 8.78 Å². The van der Waals surface area contributed by atoms with Crippen LogP contribution >= 0.6 is 0 Å². The molecular formula is C11H19F2N. The first-order valence-corrected chi connectivity index (χ1v) is 5.66. The molecule has 0 aromatic heterocycles. The maximum Gasteiger partial charge on any atom is 0.268 e. The summed E-state index contributed by atoms with van der Waals surface area (Å²) in [7, 11) is 0. The summed E-state index contributed by atoms with van der Waals surface area (Å²) in [5, 5.41) is 0. The lowest BCUT2D eigenvalue weighted by Crippen LogP contribution is -2.40. The molecule has 1 nitrogen and oxygen atoms in total. The summed E-state index contributed by atoms with van der Waals surface area (Å²) < 4.78 is 26.0. The van der Waals surface area contributed by atoms with Crippen molar-refractivity contribution in [3.8, 4) is 0 Å². The van der Waals surface area contributed by atoms with E-state index in [9.17, 15) is 8.78 Å². The molecule has 0 amide bonds. The van der Waals surface area contributed by atoms with E-state index in [0.29, 0.717) is 0 Å². The van der Waals surface area contributed by atoms with Crippen LogP contribution in [0.1, 0.15) is 45.4 Å². The maximum absolute atomic E-state index is 13.0. The largest absolute Gasteiger partial charge is 0.320 e. The molecule has 0 bridgehead atoms. The second-order valence-corrected chi connectivity index (χ2v) is 5.05. The van der Waals surface area contributed by atoms with Crippen LogP contribution in [-0.4, -0.2) is 11.5 Å². The van der Waals surface area contributed by atoms with Crippen molar-refractivity contribution in [2.75, 3.05) is 0 Å². The molecule has 0 spiro atoms. The van der Waals surface area contributed by atoms with Gasteiger partial charge in [-0.05, 0) is 24.7 Å². The van der Waals surface area contributed by atoms with Gasteiger partial charge in [-0.1, -0.05) is 26.2 Å². The Kier molecular flexibility index (Phi) is 2.33. The highest BCUT2D eigenvalue weighted by Gasteiger charge is 2.71. The van der Waals surface area contributed by atoms with Crippen molar-refractivity contribution in [1.29, 1.82) is 0 Å². The number of alkyl halides is 2. The zero-order valence-electron chi connectivity index (χ0n) is 8.73. The summed E-state index contributed by atoms with van der Waals surface area (Å²) in [6.07, 6.45) is 5.10. The quantitative estimate of drug-likeness (QED) is 0.733. The van der Waals surface area contributed by atoms with E-state index in [-0.39, 0.29) is 12.3 Å². The lowest BCUT2D eigenvalue weighted by atomic mass is 9.76.